The van der Waals surface area contributed by atoms with E-state index in [9.17, 15) is 9.18 Å². The summed E-state index contributed by atoms with van der Waals surface area (Å²) in [5.74, 6) is 0.0693. The van der Waals surface area contributed by atoms with E-state index in [4.69, 9.17) is 0 Å². The Morgan fingerprint density at radius 1 is 1.22 bits per heavy atom. The van der Waals surface area contributed by atoms with Crippen molar-refractivity contribution in [3.05, 3.63) is 69.4 Å². The van der Waals surface area contributed by atoms with Gasteiger partial charge in [-0.25, -0.2) is 9.07 Å². The first-order chi connectivity index (χ1) is 11.1. The molecule has 23 heavy (non-hydrogen) atoms. The average Bonchev–Trinajstić information content (AvgIpc) is 3.16. The minimum Gasteiger partial charge on any atom is -0.294 e. The molecule has 4 rings (SSSR count). The van der Waals surface area contributed by atoms with Crippen molar-refractivity contribution in [1.82, 2.24) is 9.78 Å². The highest BCUT2D eigenvalue weighted by atomic mass is 32.1. The number of carbonyl (C=O) groups is 1. The Kier molecular flexibility index (Phi) is 3.38. The largest absolute Gasteiger partial charge is 0.294 e. The van der Waals surface area contributed by atoms with E-state index in [1.54, 1.807) is 28.2 Å². The number of hydrogen-bond acceptors (Lipinski definition) is 3. The van der Waals surface area contributed by atoms with Crippen LogP contribution in [0.1, 0.15) is 39.0 Å². The van der Waals surface area contributed by atoms with Crippen LogP contribution in [0.4, 0.5) is 4.39 Å². The molecule has 0 saturated heterocycles. The van der Waals surface area contributed by atoms with E-state index in [2.05, 4.69) is 11.2 Å². The second-order valence-electron chi connectivity index (χ2n) is 5.84. The fourth-order valence-corrected chi connectivity index (χ4v) is 4.11. The quantitative estimate of drug-likeness (QED) is 0.704. The van der Waals surface area contributed by atoms with Crippen molar-refractivity contribution in [2.45, 2.75) is 25.7 Å². The summed E-state index contributed by atoms with van der Waals surface area (Å²) in [5, 5.41) is 6.57. The number of Topliss-reactive ketones (excluding diaryl/α,β-unsaturated/α-hetero) is 1. The number of nitrogens with zero attached hydrogens (tertiary/aromatic N) is 2. The molecule has 1 aromatic carbocycles. The monoisotopic (exact) mass is 326 g/mol. The summed E-state index contributed by atoms with van der Waals surface area (Å²) in [7, 11) is 0. The van der Waals surface area contributed by atoms with Gasteiger partial charge >= 0.3 is 0 Å². The molecular formula is C18H15FN2OS. The molecule has 0 N–H and O–H groups in total. The molecule has 2 heterocycles. The fraction of sp³-hybridized carbons (Fsp3) is 0.222. The minimum atomic E-state index is -0.279. The standard InChI is InChI=1S/C18H15FN2OS/c1-11-18-15(21(20-11)14-6-4-13(19)5-7-14)9-12(10-16(18)22)17-3-2-8-23-17/h2-8,12H,9-10H2,1H3/t12-/m1/s1. The topological polar surface area (TPSA) is 34.9 Å². The molecule has 2 aromatic heterocycles. The number of carbonyl (C=O) groups excluding carboxylic acids is 1. The molecule has 0 unspecified atom stereocenters. The lowest BCUT2D eigenvalue weighted by Crippen LogP contribution is -2.20. The molecule has 3 aromatic rings. The summed E-state index contributed by atoms with van der Waals surface area (Å²) < 4.78 is 15.0. The van der Waals surface area contributed by atoms with E-state index < -0.39 is 0 Å². The molecular weight excluding hydrogens is 311 g/mol. The van der Waals surface area contributed by atoms with Crippen LogP contribution >= 0.6 is 11.3 Å². The van der Waals surface area contributed by atoms with Gasteiger partial charge in [0.05, 0.1) is 22.6 Å². The van der Waals surface area contributed by atoms with Crippen LogP contribution in [-0.4, -0.2) is 15.6 Å². The summed E-state index contributed by atoms with van der Waals surface area (Å²) in [6.07, 6.45) is 1.31. The zero-order chi connectivity index (χ0) is 16.0. The third-order valence-corrected chi connectivity index (χ3v) is 5.36. The van der Waals surface area contributed by atoms with Crippen molar-refractivity contribution in [2.75, 3.05) is 0 Å². The molecule has 0 amide bonds. The number of aryl methyl sites for hydroxylation is 1. The van der Waals surface area contributed by atoms with Gasteiger partial charge < -0.3 is 0 Å². The molecule has 5 heteroatoms. The van der Waals surface area contributed by atoms with Gasteiger partial charge in [-0.2, -0.15) is 5.10 Å². The van der Waals surface area contributed by atoms with Crippen molar-refractivity contribution >= 4 is 17.1 Å². The number of rotatable bonds is 2. The second-order valence-corrected chi connectivity index (χ2v) is 6.82. The van der Waals surface area contributed by atoms with Gasteiger partial charge in [0.25, 0.3) is 0 Å². The fourth-order valence-electron chi connectivity index (χ4n) is 3.28. The van der Waals surface area contributed by atoms with Crippen LogP contribution in [0.2, 0.25) is 0 Å². The first kappa shape index (κ1) is 14.3. The zero-order valence-electron chi connectivity index (χ0n) is 12.6. The maximum absolute atomic E-state index is 13.2. The molecule has 1 aliphatic rings. The first-order valence-corrected chi connectivity index (χ1v) is 8.42. The number of fused-ring (bicyclic) bond motifs is 1. The molecule has 0 aliphatic heterocycles. The lowest BCUT2D eigenvalue weighted by Gasteiger charge is -2.21. The minimum absolute atomic E-state index is 0.149. The van der Waals surface area contributed by atoms with Crippen LogP contribution < -0.4 is 0 Å². The van der Waals surface area contributed by atoms with Gasteiger partial charge in [-0.15, -0.1) is 11.3 Å². The molecule has 116 valence electrons. The van der Waals surface area contributed by atoms with Crippen LogP contribution in [0, 0.1) is 12.7 Å². The third kappa shape index (κ3) is 2.41. The summed E-state index contributed by atoms with van der Waals surface area (Å²) >= 11 is 1.69. The van der Waals surface area contributed by atoms with Crippen molar-refractivity contribution in [1.29, 1.82) is 0 Å². The summed E-state index contributed by atoms with van der Waals surface area (Å²) in [6, 6.07) is 10.3. The number of ketones is 1. The third-order valence-electron chi connectivity index (χ3n) is 4.32. The predicted molar refractivity (Wildman–Crippen MR) is 88.0 cm³/mol. The predicted octanol–water partition coefficient (Wildman–Crippen LogP) is 4.29. The van der Waals surface area contributed by atoms with Crippen LogP contribution in [0.3, 0.4) is 0 Å². The van der Waals surface area contributed by atoms with Gasteiger partial charge in [0.15, 0.2) is 5.78 Å². The van der Waals surface area contributed by atoms with Crippen LogP contribution in [0.15, 0.2) is 41.8 Å². The lowest BCUT2D eigenvalue weighted by molar-refractivity contribution is 0.0963. The van der Waals surface area contributed by atoms with E-state index >= 15 is 0 Å². The van der Waals surface area contributed by atoms with Crippen molar-refractivity contribution < 1.29 is 9.18 Å². The van der Waals surface area contributed by atoms with Crippen molar-refractivity contribution in [3.8, 4) is 5.69 Å². The van der Waals surface area contributed by atoms with Gasteiger partial charge in [0.1, 0.15) is 5.82 Å². The van der Waals surface area contributed by atoms with Crippen LogP contribution in [-0.2, 0) is 6.42 Å². The molecule has 0 fully saturated rings. The number of thiophene rings is 1. The Morgan fingerprint density at radius 2 is 2.00 bits per heavy atom. The summed E-state index contributed by atoms with van der Waals surface area (Å²) in [6.45, 7) is 1.86. The highest BCUT2D eigenvalue weighted by Crippen LogP contribution is 2.36. The highest BCUT2D eigenvalue weighted by molar-refractivity contribution is 7.10. The molecule has 3 nitrogen and oxygen atoms in total. The van der Waals surface area contributed by atoms with E-state index in [1.807, 2.05) is 18.4 Å². The molecule has 1 atom stereocenters. The summed E-state index contributed by atoms with van der Waals surface area (Å²) in [5.41, 5.74) is 3.21. The van der Waals surface area contributed by atoms with Crippen LogP contribution in [0.25, 0.3) is 5.69 Å². The Morgan fingerprint density at radius 3 is 2.70 bits per heavy atom. The van der Waals surface area contributed by atoms with E-state index in [-0.39, 0.29) is 17.5 Å². The molecule has 1 aliphatic carbocycles. The maximum Gasteiger partial charge on any atom is 0.167 e. The normalized spacial score (nSPS) is 17.3. The Bertz CT molecular complexity index is 865. The lowest BCUT2D eigenvalue weighted by atomic mass is 9.85. The highest BCUT2D eigenvalue weighted by Gasteiger charge is 2.32. The van der Waals surface area contributed by atoms with Gasteiger partial charge in [-0.3, -0.25) is 4.79 Å². The van der Waals surface area contributed by atoms with Crippen molar-refractivity contribution in [2.24, 2.45) is 0 Å². The molecule has 0 bridgehead atoms. The number of benzene rings is 1. The Balaban J connectivity index is 1.81. The Labute approximate surface area is 137 Å². The van der Waals surface area contributed by atoms with Crippen molar-refractivity contribution in [3.63, 3.8) is 0 Å². The van der Waals surface area contributed by atoms with Gasteiger partial charge in [0.2, 0.25) is 0 Å². The molecule has 0 saturated carbocycles. The maximum atomic E-state index is 13.2. The Hall–Kier alpha value is -2.27. The van der Waals surface area contributed by atoms with Gasteiger partial charge in [-0.1, -0.05) is 6.07 Å². The van der Waals surface area contributed by atoms with E-state index in [1.165, 1.54) is 17.0 Å². The van der Waals surface area contributed by atoms with Crippen LogP contribution in [0.5, 0.6) is 0 Å². The van der Waals surface area contributed by atoms with E-state index in [0.717, 1.165) is 29.1 Å². The number of halogens is 1. The number of hydrogen-bond donors (Lipinski definition) is 0. The zero-order valence-corrected chi connectivity index (χ0v) is 13.4. The first-order valence-electron chi connectivity index (χ1n) is 7.54. The molecule has 0 spiro atoms. The average molecular weight is 326 g/mol. The SMILES string of the molecule is Cc1nn(-c2ccc(F)cc2)c2c1C(=O)C[C@H](c1cccs1)C2. The smallest absolute Gasteiger partial charge is 0.167 e. The second kappa shape index (κ2) is 5.42. The van der Waals surface area contributed by atoms with Gasteiger partial charge in [0, 0.05) is 17.2 Å². The van der Waals surface area contributed by atoms with Gasteiger partial charge in [-0.05, 0) is 49.1 Å². The number of aromatic nitrogens is 2. The summed E-state index contributed by atoms with van der Waals surface area (Å²) in [4.78, 5) is 13.8. The van der Waals surface area contributed by atoms with E-state index in [0.29, 0.717) is 6.42 Å². The molecule has 0 radical (unpaired) electrons.